The van der Waals surface area contributed by atoms with Crippen molar-refractivity contribution in [3.05, 3.63) is 39.9 Å². The maximum Gasteiger partial charge on any atom is 0.308 e. The summed E-state index contributed by atoms with van der Waals surface area (Å²) in [5.74, 6) is -1.75. The van der Waals surface area contributed by atoms with Gasteiger partial charge in [0.2, 0.25) is 5.91 Å². The van der Waals surface area contributed by atoms with Crippen molar-refractivity contribution >= 4 is 17.6 Å². The molecule has 0 heterocycles. The maximum absolute atomic E-state index is 12.2. The van der Waals surface area contributed by atoms with Crippen molar-refractivity contribution in [1.29, 1.82) is 0 Å². The van der Waals surface area contributed by atoms with Crippen LogP contribution in [0.5, 0.6) is 0 Å². The van der Waals surface area contributed by atoms with Crippen LogP contribution in [0.4, 0.5) is 5.69 Å². The molecule has 0 aliphatic heterocycles. The van der Waals surface area contributed by atoms with Crippen LogP contribution >= 0.6 is 0 Å². The van der Waals surface area contributed by atoms with Gasteiger partial charge in [0.15, 0.2) is 0 Å². The monoisotopic (exact) mass is 320 g/mol. The number of carbonyl (C=O) groups is 2. The number of hydrogen-bond donors (Lipinski definition) is 2. The predicted molar refractivity (Wildman–Crippen MR) is 82.9 cm³/mol. The molecule has 0 saturated heterocycles. The van der Waals surface area contributed by atoms with Crippen LogP contribution in [0.15, 0.2) is 24.3 Å². The van der Waals surface area contributed by atoms with E-state index >= 15 is 0 Å². The molecule has 7 heteroatoms. The van der Waals surface area contributed by atoms with E-state index in [-0.39, 0.29) is 24.1 Å². The average Bonchev–Trinajstić information content (AvgIpc) is 2.72. The van der Waals surface area contributed by atoms with E-state index < -0.39 is 16.8 Å². The van der Waals surface area contributed by atoms with Crippen molar-refractivity contribution in [2.45, 2.75) is 44.6 Å². The van der Waals surface area contributed by atoms with Gasteiger partial charge in [-0.2, -0.15) is 0 Å². The van der Waals surface area contributed by atoms with Gasteiger partial charge < -0.3 is 10.4 Å². The molecule has 0 spiro atoms. The SMILES string of the molecule is O=C(Cc1cccc([N+](=O)[O-])c1)N[C@H]1CCCCC[C@H]1C(=O)O. The highest BCUT2D eigenvalue weighted by Crippen LogP contribution is 2.24. The number of rotatable bonds is 5. The first-order valence-corrected chi connectivity index (χ1v) is 7.73. The summed E-state index contributed by atoms with van der Waals surface area (Å²) in [5.41, 5.74) is 0.477. The summed E-state index contributed by atoms with van der Waals surface area (Å²) in [6, 6.07) is 5.54. The number of nitro benzene ring substituents is 1. The van der Waals surface area contributed by atoms with Gasteiger partial charge in [0.1, 0.15) is 0 Å². The Morgan fingerprint density at radius 2 is 2.00 bits per heavy atom. The lowest BCUT2D eigenvalue weighted by Crippen LogP contribution is -2.43. The van der Waals surface area contributed by atoms with Crippen molar-refractivity contribution < 1.29 is 19.6 Å². The van der Waals surface area contributed by atoms with Gasteiger partial charge in [0.05, 0.1) is 17.3 Å². The minimum atomic E-state index is -0.882. The van der Waals surface area contributed by atoms with Crippen molar-refractivity contribution in [3.63, 3.8) is 0 Å². The zero-order valence-corrected chi connectivity index (χ0v) is 12.7. The largest absolute Gasteiger partial charge is 0.481 e. The number of benzene rings is 1. The Morgan fingerprint density at radius 3 is 2.70 bits per heavy atom. The summed E-state index contributed by atoms with van der Waals surface area (Å²) in [6.07, 6.45) is 3.94. The van der Waals surface area contributed by atoms with E-state index in [1.807, 2.05) is 0 Å². The van der Waals surface area contributed by atoms with Crippen LogP contribution in [0.25, 0.3) is 0 Å². The standard InChI is InChI=1S/C16H20N2O5/c19-15(10-11-5-4-6-12(9-11)18(22)23)17-14-8-3-1-2-7-13(14)16(20)21/h4-6,9,13-14H,1-3,7-8,10H2,(H,17,19)(H,20,21)/t13-,14+/m1/s1. The maximum atomic E-state index is 12.2. The minimum Gasteiger partial charge on any atom is -0.481 e. The highest BCUT2D eigenvalue weighted by molar-refractivity contribution is 5.80. The van der Waals surface area contributed by atoms with E-state index in [0.29, 0.717) is 18.4 Å². The van der Waals surface area contributed by atoms with E-state index in [1.165, 1.54) is 18.2 Å². The molecule has 1 aliphatic carbocycles. The van der Waals surface area contributed by atoms with E-state index in [9.17, 15) is 24.8 Å². The molecule has 1 aromatic carbocycles. The molecule has 0 bridgehead atoms. The van der Waals surface area contributed by atoms with E-state index in [4.69, 9.17) is 0 Å². The lowest BCUT2D eigenvalue weighted by molar-refractivity contribution is -0.384. The Bertz CT molecular complexity index is 602. The number of nitrogens with zero attached hydrogens (tertiary/aromatic N) is 1. The fourth-order valence-corrected chi connectivity index (χ4v) is 3.00. The Morgan fingerprint density at radius 1 is 1.26 bits per heavy atom. The molecular weight excluding hydrogens is 300 g/mol. The molecule has 2 rings (SSSR count). The third-order valence-electron chi connectivity index (χ3n) is 4.17. The Hall–Kier alpha value is -2.44. The fraction of sp³-hybridized carbons (Fsp3) is 0.500. The van der Waals surface area contributed by atoms with E-state index in [0.717, 1.165) is 19.3 Å². The van der Waals surface area contributed by atoms with Gasteiger partial charge in [0, 0.05) is 18.2 Å². The highest BCUT2D eigenvalue weighted by atomic mass is 16.6. The van der Waals surface area contributed by atoms with Gasteiger partial charge in [-0.1, -0.05) is 31.4 Å². The molecule has 0 unspecified atom stereocenters. The van der Waals surface area contributed by atoms with Gasteiger partial charge in [-0.15, -0.1) is 0 Å². The lowest BCUT2D eigenvalue weighted by atomic mass is 9.94. The molecule has 1 amide bonds. The Labute approximate surface area is 133 Å². The number of carboxylic acids is 1. The van der Waals surface area contributed by atoms with Gasteiger partial charge >= 0.3 is 5.97 Å². The second-order valence-corrected chi connectivity index (χ2v) is 5.86. The molecule has 1 saturated carbocycles. The third-order valence-corrected chi connectivity index (χ3v) is 4.17. The molecule has 1 aliphatic rings. The second kappa shape index (κ2) is 7.71. The average molecular weight is 320 g/mol. The van der Waals surface area contributed by atoms with Crippen LogP contribution in [0, 0.1) is 16.0 Å². The Kier molecular flexibility index (Phi) is 5.67. The number of aliphatic carboxylic acids is 1. The quantitative estimate of drug-likeness (QED) is 0.491. The first-order chi connectivity index (χ1) is 11.0. The molecule has 2 atom stereocenters. The lowest BCUT2D eigenvalue weighted by Gasteiger charge is -2.22. The zero-order valence-electron chi connectivity index (χ0n) is 12.7. The molecule has 7 nitrogen and oxygen atoms in total. The molecule has 2 N–H and O–H groups in total. The van der Waals surface area contributed by atoms with Gasteiger partial charge in [-0.05, 0) is 18.4 Å². The summed E-state index contributed by atoms with van der Waals surface area (Å²) < 4.78 is 0. The van der Waals surface area contributed by atoms with Gasteiger partial charge in [-0.3, -0.25) is 19.7 Å². The van der Waals surface area contributed by atoms with Gasteiger partial charge in [0.25, 0.3) is 5.69 Å². The molecule has 1 fully saturated rings. The first kappa shape index (κ1) is 16.9. The highest BCUT2D eigenvalue weighted by Gasteiger charge is 2.30. The number of carbonyl (C=O) groups excluding carboxylic acids is 1. The van der Waals surface area contributed by atoms with Crippen LogP contribution < -0.4 is 5.32 Å². The topological polar surface area (TPSA) is 110 Å². The molecule has 0 radical (unpaired) electrons. The summed E-state index contributed by atoms with van der Waals surface area (Å²) >= 11 is 0. The molecule has 23 heavy (non-hydrogen) atoms. The van der Waals surface area contributed by atoms with Crippen LogP contribution in [0.3, 0.4) is 0 Å². The summed E-state index contributed by atoms with van der Waals surface area (Å²) in [4.78, 5) is 33.8. The zero-order chi connectivity index (χ0) is 16.8. The molecule has 124 valence electrons. The third kappa shape index (κ3) is 4.77. The molecule has 1 aromatic rings. The first-order valence-electron chi connectivity index (χ1n) is 7.73. The number of nitro groups is 1. The van der Waals surface area contributed by atoms with Crippen molar-refractivity contribution in [1.82, 2.24) is 5.32 Å². The predicted octanol–water partition coefficient (Wildman–Crippen LogP) is 2.29. The second-order valence-electron chi connectivity index (χ2n) is 5.86. The number of nitrogens with one attached hydrogen (secondary N) is 1. The number of hydrogen-bond acceptors (Lipinski definition) is 4. The van der Waals surface area contributed by atoms with Crippen LogP contribution in [0.1, 0.15) is 37.7 Å². The van der Waals surface area contributed by atoms with Crippen LogP contribution in [-0.2, 0) is 16.0 Å². The van der Waals surface area contributed by atoms with Crippen molar-refractivity contribution in [3.8, 4) is 0 Å². The normalized spacial score (nSPS) is 21.2. The molecule has 0 aromatic heterocycles. The van der Waals surface area contributed by atoms with Crippen LogP contribution in [-0.4, -0.2) is 27.9 Å². The smallest absolute Gasteiger partial charge is 0.308 e. The number of carboxylic acid groups (broad SMARTS) is 1. The number of non-ortho nitro benzene ring substituents is 1. The Balaban J connectivity index is 2.01. The summed E-state index contributed by atoms with van der Waals surface area (Å²) in [5, 5.41) is 22.9. The van der Waals surface area contributed by atoms with E-state index in [2.05, 4.69) is 5.32 Å². The van der Waals surface area contributed by atoms with Gasteiger partial charge in [-0.25, -0.2) is 0 Å². The van der Waals surface area contributed by atoms with E-state index in [1.54, 1.807) is 6.07 Å². The fourth-order valence-electron chi connectivity index (χ4n) is 3.00. The minimum absolute atomic E-state index is 0.00448. The molecular formula is C16H20N2O5. The van der Waals surface area contributed by atoms with Crippen molar-refractivity contribution in [2.24, 2.45) is 5.92 Å². The summed E-state index contributed by atoms with van der Waals surface area (Å²) in [6.45, 7) is 0. The van der Waals surface area contributed by atoms with Crippen molar-refractivity contribution in [2.75, 3.05) is 0 Å². The number of amides is 1. The van der Waals surface area contributed by atoms with Crippen LogP contribution in [0.2, 0.25) is 0 Å². The summed E-state index contributed by atoms with van der Waals surface area (Å²) in [7, 11) is 0.